The molecule has 2 nitrogen and oxygen atoms in total. The van der Waals surface area contributed by atoms with Crippen LogP contribution >= 0.6 is 0 Å². The van der Waals surface area contributed by atoms with E-state index in [4.69, 9.17) is 0 Å². The van der Waals surface area contributed by atoms with Crippen molar-refractivity contribution < 1.29 is 4.57 Å². The standard InChI is InChI=1S/C55H109N2/c1-4-7-10-13-16-19-22-25-28-29-32-35-38-41-44-47-50-55-56(51-48-45-42-39-36-33-30-26-23-20-17-14-11-8-5-2)53-54-57(55)52-49-46-43-40-37-34-31-27-24-21-18-15-12-9-6-3/h53-54H,4-52H2,1-3H3/q+1. The first-order chi connectivity index (χ1) is 28.3. The molecule has 1 heterocycles. The molecular weight excluding hydrogens is 689 g/mol. The molecule has 2 heteroatoms. The maximum atomic E-state index is 2.67. The van der Waals surface area contributed by atoms with Crippen LogP contribution in [0.2, 0.25) is 0 Å². The highest BCUT2D eigenvalue weighted by Gasteiger charge is 2.16. The molecule has 57 heavy (non-hydrogen) atoms. The second-order valence-corrected chi connectivity index (χ2v) is 19.1. The normalized spacial score (nSPS) is 11.7. The van der Waals surface area contributed by atoms with Gasteiger partial charge in [-0.3, -0.25) is 0 Å². The molecule has 0 aliphatic heterocycles. The number of rotatable bonds is 49. The van der Waals surface area contributed by atoms with Gasteiger partial charge in [-0.25, -0.2) is 9.13 Å². The lowest BCUT2D eigenvalue weighted by molar-refractivity contribution is -0.704. The third-order valence-electron chi connectivity index (χ3n) is 13.3. The van der Waals surface area contributed by atoms with Gasteiger partial charge in [-0.05, 0) is 32.1 Å². The van der Waals surface area contributed by atoms with E-state index in [2.05, 4.69) is 42.3 Å². The van der Waals surface area contributed by atoms with Crippen LogP contribution in [0.15, 0.2) is 12.4 Å². The van der Waals surface area contributed by atoms with Gasteiger partial charge in [-0.2, -0.15) is 0 Å². The van der Waals surface area contributed by atoms with Gasteiger partial charge >= 0.3 is 0 Å². The van der Waals surface area contributed by atoms with E-state index in [1.807, 2.05) is 0 Å². The quantitative estimate of drug-likeness (QED) is 0.0459. The second-order valence-electron chi connectivity index (χ2n) is 19.1. The summed E-state index contributed by atoms with van der Waals surface area (Å²) in [6.07, 6.45) is 72.8. The number of aromatic nitrogens is 2. The van der Waals surface area contributed by atoms with E-state index in [-0.39, 0.29) is 0 Å². The number of hydrogen-bond acceptors (Lipinski definition) is 0. The van der Waals surface area contributed by atoms with E-state index >= 15 is 0 Å². The van der Waals surface area contributed by atoms with Gasteiger partial charge in [0, 0.05) is 6.42 Å². The molecule has 338 valence electrons. The lowest BCUT2D eigenvalue weighted by Gasteiger charge is -2.07. The van der Waals surface area contributed by atoms with Crippen LogP contribution in [-0.2, 0) is 19.5 Å². The zero-order valence-corrected chi connectivity index (χ0v) is 40.2. The zero-order valence-electron chi connectivity index (χ0n) is 40.2. The summed E-state index contributed by atoms with van der Waals surface area (Å²) in [5, 5.41) is 0. The average Bonchev–Trinajstić information content (AvgIpc) is 3.61. The Morgan fingerprint density at radius 1 is 0.298 bits per heavy atom. The summed E-state index contributed by atoms with van der Waals surface area (Å²) in [6.45, 7) is 9.42. The van der Waals surface area contributed by atoms with Crippen LogP contribution < -0.4 is 4.57 Å². The number of imidazole rings is 1. The topological polar surface area (TPSA) is 8.81 Å². The van der Waals surface area contributed by atoms with Crippen molar-refractivity contribution in [1.29, 1.82) is 0 Å². The molecular formula is C55H109N2+. The molecule has 0 amide bonds. The van der Waals surface area contributed by atoms with Crippen molar-refractivity contribution in [1.82, 2.24) is 4.57 Å². The molecule has 0 N–H and O–H groups in total. The van der Waals surface area contributed by atoms with Crippen molar-refractivity contribution in [2.45, 2.75) is 336 Å². The molecule has 0 aromatic carbocycles. The molecule has 0 spiro atoms. The molecule has 0 radical (unpaired) electrons. The molecule has 0 aliphatic rings. The Hall–Kier alpha value is -0.790. The summed E-state index contributed by atoms with van der Waals surface area (Å²) in [4.78, 5) is 0. The Balaban J connectivity index is 2.25. The second kappa shape index (κ2) is 46.3. The molecule has 0 aliphatic carbocycles. The van der Waals surface area contributed by atoms with Gasteiger partial charge in [-0.15, -0.1) is 0 Å². The molecule has 1 aromatic heterocycles. The Kier molecular flexibility index (Phi) is 44.0. The van der Waals surface area contributed by atoms with Crippen molar-refractivity contribution in [2.75, 3.05) is 0 Å². The lowest BCUT2D eigenvalue weighted by Crippen LogP contribution is -2.37. The fourth-order valence-corrected chi connectivity index (χ4v) is 9.33. The van der Waals surface area contributed by atoms with Crippen LogP contribution in [0.5, 0.6) is 0 Å². The summed E-state index contributed by atoms with van der Waals surface area (Å²) < 4.78 is 5.33. The smallest absolute Gasteiger partial charge is 0.234 e. The van der Waals surface area contributed by atoms with Gasteiger partial charge in [-0.1, -0.05) is 284 Å². The minimum absolute atomic E-state index is 1.23. The predicted molar refractivity (Wildman–Crippen MR) is 258 cm³/mol. The summed E-state index contributed by atoms with van der Waals surface area (Å²) >= 11 is 0. The van der Waals surface area contributed by atoms with Crippen molar-refractivity contribution in [3.05, 3.63) is 18.2 Å². The number of nitrogens with zero attached hydrogens (tertiary/aromatic N) is 2. The highest BCUT2D eigenvalue weighted by Crippen LogP contribution is 2.18. The highest BCUT2D eigenvalue weighted by molar-refractivity contribution is 4.84. The first kappa shape index (κ1) is 54.2. The first-order valence-electron chi connectivity index (χ1n) is 27.4. The van der Waals surface area contributed by atoms with E-state index in [9.17, 15) is 0 Å². The van der Waals surface area contributed by atoms with Crippen molar-refractivity contribution in [2.24, 2.45) is 0 Å². The number of hydrogen-bond donors (Lipinski definition) is 0. The lowest BCUT2D eigenvalue weighted by atomic mass is 10.0. The van der Waals surface area contributed by atoms with Crippen molar-refractivity contribution in [3.8, 4) is 0 Å². The van der Waals surface area contributed by atoms with Crippen LogP contribution in [-0.4, -0.2) is 4.57 Å². The molecule has 1 rings (SSSR count). The first-order valence-corrected chi connectivity index (χ1v) is 27.4. The fraction of sp³-hybridized carbons (Fsp3) is 0.945. The van der Waals surface area contributed by atoms with Crippen molar-refractivity contribution in [3.63, 3.8) is 0 Å². The van der Waals surface area contributed by atoms with E-state index in [0.29, 0.717) is 0 Å². The maximum absolute atomic E-state index is 2.67. The summed E-state index contributed by atoms with van der Waals surface area (Å²) in [6, 6.07) is 0. The average molecular weight is 798 g/mol. The molecule has 0 bridgehead atoms. The molecule has 0 unspecified atom stereocenters. The largest absolute Gasteiger partial charge is 0.256 e. The van der Waals surface area contributed by atoms with Crippen LogP contribution in [0, 0.1) is 0 Å². The SMILES string of the molecule is CCCCCCCCCCCCCCCCCCc1n(CCCCCCCCCCCCCCCCC)cc[n+]1CCCCCCCCCCCCCCCCC. The molecule has 0 saturated carbocycles. The van der Waals surface area contributed by atoms with E-state index in [0.717, 1.165) is 0 Å². The fourth-order valence-electron chi connectivity index (χ4n) is 9.33. The Labute approximate surface area is 361 Å². The number of aryl methyl sites for hydroxylation is 2. The van der Waals surface area contributed by atoms with Gasteiger partial charge in [0.1, 0.15) is 12.4 Å². The molecule has 0 fully saturated rings. The summed E-state index contributed by atoms with van der Waals surface area (Å²) in [5.41, 5.74) is 0. The summed E-state index contributed by atoms with van der Waals surface area (Å²) in [5.74, 6) is 1.64. The molecule has 1 aromatic rings. The summed E-state index contributed by atoms with van der Waals surface area (Å²) in [7, 11) is 0. The van der Waals surface area contributed by atoms with Gasteiger partial charge < -0.3 is 0 Å². The van der Waals surface area contributed by atoms with Gasteiger partial charge in [0.05, 0.1) is 13.1 Å². The Morgan fingerprint density at radius 2 is 0.544 bits per heavy atom. The third kappa shape index (κ3) is 37.9. The minimum atomic E-state index is 1.23. The Bertz CT molecular complexity index is 820. The van der Waals surface area contributed by atoms with Gasteiger partial charge in [0.2, 0.25) is 0 Å². The van der Waals surface area contributed by atoms with Crippen LogP contribution in [0.1, 0.15) is 322 Å². The highest BCUT2D eigenvalue weighted by atomic mass is 15.1. The van der Waals surface area contributed by atoms with E-state index < -0.39 is 0 Å². The van der Waals surface area contributed by atoms with Gasteiger partial charge in [0.15, 0.2) is 0 Å². The Morgan fingerprint density at radius 3 is 0.842 bits per heavy atom. The number of unbranched alkanes of at least 4 members (excludes halogenated alkanes) is 43. The van der Waals surface area contributed by atoms with E-state index in [1.54, 1.807) is 5.82 Å². The van der Waals surface area contributed by atoms with Crippen molar-refractivity contribution >= 4 is 0 Å². The van der Waals surface area contributed by atoms with Crippen LogP contribution in [0.3, 0.4) is 0 Å². The molecule has 0 atom stereocenters. The third-order valence-corrected chi connectivity index (χ3v) is 13.3. The maximum Gasteiger partial charge on any atom is 0.256 e. The minimum Gasteiger partial charge on any atom is -0.234 e. The van der Waals surface area contributed by atoms with Gasteiger partial charge in [0.25, 0.3) is 5.82 Å². The van der Waals surface area contributed by atoms with Crippen LogP contribution in [0.25, 0.3) is 0 Å². The monoisotopic (exact) mass is 798 g/mol. The molecule has 0 saturated heterocycles. The zero-order chi connectivity index (χ0) is 40.8. The predicted octanol–water partition coefficient (Wildman–Crippen LogP) is 19.3. The van der Waals surface area contributed by atoms with E-state index in [1.165, 1.54) is 315 Å². The van der Waals surface area contributed by atoms with Crippen LogP contribution in [0.4, 0.5) is 0 Å².